The molecule has 2 fully saturated rings. The van der Waals surface area contributed by atoms with Gasteiger partial charge < -0.3 is 10.0 Å². The number of nitrogens with zero attached hydrogens (tertiary/aromatic N) is 4. The maximum absolute atomic E-state index is 12.7. The van der Waals surface area contributed by atoms with E-state index >= 15 is 0 Å². The number of aliphatic carboxylic acids is 1. The third-order valence-electron chi connectivity index (χ3n) is 4.85. The highest BCUT2D eigenvalue weighted by molar-refractivity contribution is 6.04. The molecule has 1 unspecified atom stereocenters. The number of Topliss-reactive ketones (excluding diaryl/α,β-unsaturated/α-hetero) is 1. The molecule has 4 rings (SSSR count). The minimum absolute atomic E-state index is 0.0332. The average Bonchev–Trinajstić information content (AvgIpc) is 3.04. The second-order valence-electron chi connectivity index (χ2n) is 6.41. The van der Waals surface area contributed by atoms with E-state index < -0.39 is 12.0 Å². The Hall–Kier alpha value is -2.77. The van der Waals surface area contributed by atoms with Crippen LogP contribution in [0.1, 0.15) is 30.3 Å². The topological polar surface area (TPSA) is 105 Å². The lowest BCUT2D eigenvalue weighted by atomic mass is 10.1. The normalized spacial score (nSPS) is 24.9. The van der Waals surface area contributed by atoms with Crippen molar-refractivity contribution in [2.75, 3.05) is 0 Å². The van der Waals surface area contributed by atoms with Gasteiger partial charge >= 0.3 is 5.97 Å². The monoisotopic (exact) mass is 328 g/mol. The summed E-state index contributed by atoms with van der Waals surface area (Å²) >= 11 is 0. The standard InChI is InChI=1S/C16H16N4O4/c1-8(21)15-10-2-3-17-6-13(10)19(18-15)7-14(22)20-11-4-9(11)5-12(20)16(23)24/h2-3,6,9,11-12H,4-5,7H2,1H3,(H,23,24)/t9-,11+,12?/m1/s1. The Morgan fingerprint density at radius 3 is 2.83 bits per heavy atom. The van der Waals surface area contributed by atoms with Gasteiger partial charge in [-0.15, -0.1) is 0 Å². The number of carboxylic acid groups (broad SMARTS) is 1. The Morgan fingerprint density at radius 2 is 2.12 bits per heavy atom. The van der Waals surface area contributed by atoms with Crippen LogP contribution in [0.5, 0.6) is 0 Å². The van der Waals surface area contributed by atoms with Crippen molar-refractivity contribution in [1.29, 1.82) is 0 Å². The fraction of sp³-hybridized carbons (Fsp3) is 0.438. The summed E-state index contributed by atoms with van der Waals surface area (Å²) < 4.78 is 1.44. The van der Waals surface area contributed by atoms with Crippen LogP contribution in [0.4, 0.5) is 0 Å². The summed E-state index contributed by atoms with van der Waals surface area (Å²) in [5.74, 6) is -1.13. The molecule has 8 heteroatoms. The highest BCUT2D eigenvalue weighted by atomic mass is 16.4. The lowest BCUT2D eigenvalue weighted by Gasteiger charge is -2.24. The first kappa shape index (κ1) is 14.8. The maximum Gasteiger partial charge on any atom is 0.326 e. The molecule has 24 heavy (non-hydrogen) atoms. The summed E-state index contributed by atoms with van der Waals surface area (Å²) in [6, 6.07) is 0.965. The highest BCUT2D eigenvalue weighted by Crippen LogP contribution is 2.47. The second kappa shape index (κ2) is 5.12. The van der Waals surface area contributed by atoms with Gasteiger partial charge in [-0.05, 0) is 24.8 Å². The van der Waals surface area contributed by atoms with Gasteiger partial charge in [-0.3, -0.25) is 19.3 Å². The van der Waals surface area contributed by atoms with Crippen LogP contribution in [0, 0.1) is 5.92 Å². The van der Waals surface area contributed by atoms with Crippen LogP contribution in [0.2, 0.25) is 0 Å². The number of carboxylic acids is 1. The van der Waals surface area contributed by atoms with Gasteiger partial charge in [0, 0.05) is 24.5 Å². The second-order valence-corrected chi connectivity index (χ2v) is 6.41. The number of pyridine rings is 1. The predicted molar refractivity (Wildman–Crippen MR) is 82.3 cm³/mol. The van der Waals surface area contributed by atoms with Gasteiger partial charge in [0.05, 0.1) is 11.7 Å². The number of hydrogen-bond donors (Lipinski definition) is 1. The van der Waals surface area contributed by atoms with E-state index in [1.54, 1.807) is 18.5 Å². The largest absolute Gasteiger partial charge is 0.480 e. The summed E-state index contributed by atoms with van der Waals surface area (Å²) in [6.45, 7) is 1.33. The molecule has 0 bridgehead atoms. The molecule has 2 aromatic heterocycles. The van der Waals surface area contributed by atoms with Crippen LogP contribution in [0.25, 0.3) is 10.9 Å². The third kappa shape index (κ3) is 2.17. The molecule has 1 N–H and O–H groups in total. The molecule has 1 saturated carbocycles. The van der Waals surface area contributed by atoms with Crippen molar-refractivity contribution in [3.63, 3.8) is 0 Å². The number of aromatic nitrogens is 3. The molecule has 1 amide bonds. The molecule has 3 heterocycles. The van der Waals surface area contributed by atoms with E-state index in [9.17, 15) is 19.5 Å². The minimum atomic E-state index is -0.966. The quantitative estimate of drug-likeness (QED) is 0.829. The van der Waals surface area contributed by atoms with Crippen molar-refractivity contribution in [1.82, 2.24) is 19.7 Å². The highest BCUT2D eigenvalue weighted by Gasteiger charge is 2.56. The van der Waals surface area contributed by atoms with E-state index in [4.69, 9.17) is 0 Å². The molecule has 0 spiro atoms. The van der Waals surface area contributed by atoms with Gasteiger partial charge in [0.1, 0.15) is 18.3 Å². The number of piperidine rings is 1. The molecule has 2 aromatic rings. The van der Waals surface area contributed by atoms with Gasteiger partial charge in [-0.25, -0.2) is 4.79 Å². The Bertz CT molecular complexity index is 874. The van der Waals surface area contributed by atoms with Crippen LogP contribution in [0.15, 0.2) is 18.5 Å². The molecular weight excluding hydrogens is 312 g/mol. The van der Waals surface area contributed by atoms with E-state index in [0.717, 1.165) is 6.42 Å². The summed E-state index contributed by atoms with van der Waals surface area (Å²) in [5.41, 5.74) is 0.884. The van der Waals surface area contributed by atoms with Crippen molar-refractivity contribution < 1.29 is 19.5 Å². The van der Waals surface area contributed by atoms with Crippen LogP contribution >= 0.6 is 0 Å². The Labute approximate surface area is 137 Å². The molecule has 0 aromatic carbocycles. The summed E-state index contributed by atoms with van der Waals surface area (Å²) in [4.78, 5) is 41.3. The van der Waals surface area contributed by atoms with Gasteiger partial charge in [0.2, 0.25) is 5.91 Å². The Kier molecular flexibility index (Phi) is 3.16. The Balaban J connectivity index is 1.66. The summed E-state index contributed by atoms with van der Waals surface area (Å²) in [7, 11) is 0. The zero-order valence-corrected chi connectivity index (χ0v) is 13.0. The molecule has 2 aliphatic rings. The fourth-order valence-corrected chi connectivity index (χ4v) is 3.65. The SMILES string of the molecule is CC(=O)c1nn(CC(=O)N2C(C(=O)O)C[C@H]3C[C@@H]32)c2cnccc12. The van der Waals surface area contributed by atoms with Crippen LogP contribution in [-0.2, 0) is 16.1 Å². The third-order valence-corrected chi connectivity index (χ3v) is 4.85. The number of likely N-dealkylation sites (tertiary alicyclic amines) is 1. The van der Waals surface area contributed by atoms with E-state index in [1.165, 1.54) is 16.5 Å². The van der Waals surface area contributed by atoms with E-state index in [2.05, 4.69) is 10.1 Å². The fourth-order valence-electron chi connectivity index (χ4n) is 3.65. The first-order chi connectivity index (χ1) is 11.5. The number of fused-ring (bicyclic) bond motifs is 2. The number of hydrogen-bond acceptors (Lipinski definition) is 5. The summed E-state index contributed by atoms with van der Waals surface area (Å²) in [6.07, 6.45) is 4.51. The minimum Gasteiger partial charge on any atom is -0.480 e. The molecule has 0 radical (unpaired) electrons. The molecule has 1 aliphatic carbocycles. The van der Waals surface area contributed by atoms with Crippen LogP contribution in [-0.4, -0.2) is 54.5 Å². The number of ketones is 1. The van der Waals surface area contributed by atoms with E-state index in [-0.39, 0.29) is 24.3 Å². The average molecular weight is 328 g/mol. The van der Waals surface area contributed by atoms with Crippen molar-refractivity contribution in [3.05, 3.63) is 24.2 Å². The van der Waals surface area contributed by atoms with Gasteiger partial charge in [-0.2, -0.15) is 5.10 Å². The number of amides is 1. The lowest BCUT2D eigenvalue weighted by Crippen LogP contribution is -2.44. The zero-order chi connectivity index (χ0) is 17.0. The van der Waals surface area contributed by atoms with Crippen molar-refractivity contribution in [3.8, 4) is 0 Å². The maximum atomic E-state index is 12.7. The van der Waals surface area contributed by atoms with Crippen molar-refractivity contribution >= 4 is 28.6 Å². The first-order valence-electron chi connectivity index (χ1n) is 7.83. The number of carbonyl (C=O) groups is 3. The predicted octanol–water partition coefficient (Wildman–Crippen LogP) is 0.708. The Morgan fingerprint density at radius 1 is 1.33 bits per heavy atom. The molecule has 124 valence electrons. The zero-order valence-electron chi connectivity index (χ0n) is 13.0. The van der Waals surface area contributed by atoms with Crippen LogP contribution in [0.3, 0.4) is 0 Å². The number of rotatable bonds is 4. The number of carbonyl (C=O) groups excluding carboxylic acids is 2. The van der Waals surface area contributed by atoms with E-state index in [1.807, 2.05) is 0 Å². The smallest absolute Gasteiger partial charge is 0.326 e. The molecule has 3 atom stereocenters. The van der Waals surface area contributed by atoms with Crippen LogP contribution < -0.4 is 0 Å². The van der Waals surface area contributed by atoms with Crippen molar-refractivity contribution in [2.24, 2.45) is 5.92 Å². The summed E-state index contributed by atoms with van der Waals surface area (Å²) in [5, 5.41) is 14.2. The molecule has 1 saturated heterocycles. The van der Waals surface area contributed by atoms with E-state index in [0.29, 0.717) is 28.9 Å². The lowest BCUT2D eigenvalue weighted by molar-refractivity contribution is -0.149. The first-order valence-corrected chi connectivity index (χ1v) is 7.83. The van der Waals surface area contributed by atoms with Gasteiger partial charge in [0.25, 0.3) is 0 Å². The molecular formula is C16H16N4O4. The van der Waals surface area contributed by atoms with Crippen molar-refractivity contribution in [2.45, 2.75) is 38.4 Å². The van der Waals surface area contributed by atoms with Gasteiger partial charge in [-0.1, -0.05) is 0 Å². The van der Waals surface area contributed by atoms with Gasteiger partial charge in [0.15, 0.2) is 5.78 Å². The molecule has 8 nitrogen and oxygen atoms in total. The molecule has 1 aliphatic heterocycles.